The van der Waals surface area contributed by atoms with Crippen LogP contribution in [0.5, 0.6) is 0 Å². The van der Waals surface area contributed by atoms with E-state index >= 15 is 0 Å². The molecule has 292 valence electrons. The van der Waals surface area contributed by atoms with Crippen molar-refractivity contribution in [3.05, 3.63) is 157 Å². The lowest BCUT2D eigenvalue weighted by Crippen LogP contribution is -2.47. The molecule has 5 rings (SSSR count). The van der Waals surface area contributed by atoms with E-state index in [1.807, 2.05) is 97.1 Å². The first-order chi connectivity index (χ1) is 27.3. The molecule has 0 bridgehead atoms. The van der Waals surface area contributed by atoms with Crippen LogP contribution >= 0.6 is 0 Å². The smallest absolute Gasteiger partial charge is 0.407 e. The number of fused-ring (bicyclic) bond motifs is 3. The Morgan fingerprint density at radius 3 is 1.84 bits per heavy atom. The number of amides is 3. The quantitative estimate of drug-likeness (QED) is 0.0567. The molecule has 10 nitrogen and oxygen atoms in total. The second-order valence-corrected chi connectivity index (χ2v) is 14.0. The molecule has 56 heavy (non-hydrogen) atoms. The van der Waals surface area contributed by atoms with Gasteiger partial charge in [0.05, 0.1) is 24.6 Å². The van der Waals surface area contributed by atoms with Crippen molar-refractivity contribution in [1.29, 1.82) is 0 Å². The standard InChI is InChI=1S/C46H51N3O7/c1-3-5-25-42(49-46(54)56-31-41-39-23-14-12-21-37(39)38-22-13-15-24-40(38)41)45(53)55-30-36(27-33-19-10-7-11-20-33)48-44(52)34(16-4-2)28-43(51)47-35(29-50)26-32-17-8-6-9-18-32/h3-4,6-15,17-24,34-36,41-42,50H,1-2,5,16,25-31H2,(H,47,51)(H,48,52)(H,49,54)/t34-,35-,36-,42+/m1/s1. The van der Waals surface area contributed by atoms with Crippen LogP contribution in [-0.2, 0) is 36.7 Å². The topological polar surface area (TPSA) is 143 Å². The number of alkyl carbamates (subject to hydrolysis) is 1. The van der Waals surface area contributed by atoms with Crippen molar-refractivity contribution >= 4 is 23.9 Å². The van der Waals surface area contributed by atoms with Gasteiger partial charge in [-0.1, -0.05) is 121 Å². The molecule has 0 aliphatic heterocycles. The third-order valence-corrected chi connectivity index (χ3v) is 9.84. The summed E-state index contributed by atoms with van der Waals surface area (Å²) in [5.41, 5.74) is 6.22. The minimum atomic E-state index is -1.02. The van der Waals surface area contributed by atoms with Gasteiger partial charge in [0.25, 0.3) is 0 Å². The number of carbonyl (C=O) groups excluding carboxylic acids is 4. The monoisotopic (exact) mass is 757 g/mol. The van der Waals surface area contributed by atoms with E-state index in [0.717, 1.165) is 33.4 Å². The maximum atomic E-state index is 13.7. The lowest BCUT2D eigenvalue weighted by atomic mass is 9.98. The molecular formula is C46H51N3O7. The first-order valence-electron chi connectivity index (χ1n) is 19.1. The van der Waals surface area contributed by atoms with Crippen LogP contribution in [0.4, 0.5) is 4.79 Å². The number of nitrogens with one attached hydrogen (secondary N) is 3. The van der Waals surface area contributed by atoms with E-state index in [9.17, 15) is 24.3 Å². The fourth-order valence-corrected chi connectivity index (χ4v) is 7.02. The average Bonchev–Trinajstić information content (AvgIpc) is 3.54. The lowest BCUT2D eigenvalue weighted by Gasteiger charge is -2.24. The Bertz CT molecular complexity index is 1890. The van der Waals surface area contributed by atoms with Crippen LogP contribution in [0.25, 0.3) is 11.1 Å². The number of hydrogen-bond acceptors (Lipinski definition) is 7. The maximum Gasteiger partial charge on any atom is 0.407 e. The molecule has 3 amide bonds. The van der Waals surface area contributed by atoms with E-state index in [0.29, 0.717) is 19.3 Å². The summed E-state index contributed by atoms with van der Waals surface area (Å²) in [6, 6.07) is 32.8. The zero-order valence-electron chi connectivity index (χ0n) is 31.6. The van der Waals surface area contributed by atoms with Crippen LogP contribution < -0.4 is 16.0 Å². The Hall–Kier alpha value is -6.00. The molecule has 0 heterocycles. The summed E-state index contributed by atoms with van der Waals surface area (Å²) in [6.45, 7) is 7.18. The Morgan fingerprint density at radius 2 is 1.27 bits per heavy atom. The summed E-state index contributed by atoms with van der Waals surface area (Å²) >= 11 is 0. The van der Waals surface area contributed by atoms with E-state index < -0.39 is 42.0 Å². The first-order valence-corrected chi connectivity index (χ1v) is 19.1. The molecule has 0 spiro atoms. The number of aliphatic hydroxyl groups excluding tert-OH is 1. The molecule has 1 aliphatic rings. The molecule has 4 aromatic rings. The van der Waals surface area contributed by atoms with Crippen molar-refractivity contribution < 1.29 is 33.8 Å². The number of hydrogen-bond donors (Lipinski definition) is 4. The molecule has 0 saturated heterocycles. The summed E-state index contributed by atoms with van der Waals surface area (Å²) in [7, 11) is 0. The largest absolute Gasteiger partial charge is 0.462 e. The van der Waals surface area contributed by atoms with Crippen LogP contribution in [0.1, 0.15) is 53.9 Å². The van der Waals surface area contributed by atoms with Crippen LogP contribution in [-0.4, -0.2) is 66.9 Å². The minimum absolute atomic E-state index is 0.0891. The Kier molecular flexibility index (Phi) is 15.6. The number of allylic oxidation sites excluding steroid dienone is 2. The predicted molar refractivity (Wildman–Crippen MR) is 217 cm³/mol. The number of aliphatic hydroxyl groups is 1. The highest BCUT2D eigenvalue weighted by Gasteiger charge is 2.31. The van der Waals surface area contributed by atoms with Crippen LogP contribution in [0.2, 0.25) is 0 Å². The highest BCUT2D eigenvalue weighted by Crippen LogP contribution is 2.44. The van der Waals surface area contributed by atoms with Gasteiger partial charge >= 0.3 is 12.1 Å². The molecule has 0 radical (unpaired) electrons. The number of esters is 1. The molecule has 4 aromatic carbocycles. The molecule has 0 fully saturated rings. The van der Waals surface area contributed by atoms with E-state index in [1.165, 1.54) is 0 Å². The summed E-state index contributed by atoms with van der Waals surface area (Å²) < 4.78 is 11.5. The summed E-state index contributed by atoms with van der Waals surface area (Å²) in [5.74, 6) is -2.36. The van der Waals surface area contributed by atoms with Gasteiger partial charge < -0.3 is 30.5 Å². The second-order valence-electron chi connectivity index (χ2n) is 14.0. The molecule has 10 heteroatoms. The van der Waals surface area contributed by atoms with Gasteiger partial charge in [0.1, 0.15) is 19.3 Å². The van der Waals surface area contributed by atoms with Crippen LogP contribution in [0, 0.1) is 5.92 Å². The zero-order valence-corrected chi connectivity index (χ0v) is 31.6. The zero-order chi connectivity index (χ0) is 39.7. The number of rotatable bonds is 21. The van der Waals surface area contributed by atoms with Crippen LogP contribution in [0.15, 0.2) is 135 Å². The molecular weight excluding hydrogens is 707 g/mol. The van der Waals surface area contributed by atoms with E-state index in [2.05, 4.69) is 41.2 Å². The van der Waals surface area contributed by atoms with Crippen molar-refractivity contribution in [3.8, 4) is 11.1 Å². The van der Waals surface area contributed by atoms with E-state index in [-0.39, 0.29) is 50.9 Å². The third kappa shape index (κ3) is 11.7. The number of ether oxygens (including phenoxy) is 2. The Labute approximate surface area is 329 Å². The molecule has 4 N–H and O–H groups in total. The second kappa shape index (κ2) is 21.2. The van der Waals surface area contributed by atoms with E-state index in [1.54, 1.807) is 12.2 Å². The average molecular weight is 758 g/mol. The van der Waals surface area contributed by atoms with E-state index in [4.69, 9.17) is 9.47 Å². The minimum Gasteiger partial charge on any atom is -0.462 e. The van der Waals surface area contributed by atoms with Gasteiger partial charge in [0.15, 0.2) is 0 Å². The SMILES string of the molecule is C=CCC[C@H](NC(=O)OCC1c2ccccc2-c2ccccc21)C(=O)OC[C@@H](Cc1ccccc1)NC(=O)[C@H](CC=C)CC(=O)N[C@@H](CO)Cc1ccccc1. The number of benzene rings is 4. The highest BCUT2D eigenvalue weighted by atomic mass is 16.6. The van der Waals surface area contributed by atoms with Crippen molar-refractivity contribution in [2.75, 3.05) is 19.8 Å². The van der Waals surface area contributed by atoms with Gasteiger partial charge in [-0.15, -0.1) is 13.2 Å². The molecule has 0 saturated carbocycles. The van der Waals surface area contributed by atoms with Gasteiger partial charge in [-0.05, 0) is 65.5 Å². The van der Waals surface area contributed by atoms with Gasteiger partial charge in [0, 0.05) is 12.3 Å². The summed E-state index contributed by atoms with van der Waals surface area (Å²) in [4.78, 5) is 53.5. The molecule has 0 aromatic heterocycles. The Balaban J connectivity index is 1.20. The normalized spacial score (nSPS) is 13.8. The first kappa shape index (κ1) is 41.2. The van der Waals surface area contributed by atoms with Crippen molar-refractivity contribution in [1.82, 2.24) is 16.0 Å². The maximum absolute atomic E-state index is 13.7. The highest BCUT2D eigenvalue weighted by molar-refractivity contribution is 5.86. The predicted octanol–water partition coefficient (Wildman–Crippen LogP) is 6.43. The number of carbonyl (C=O) groups is 4. The summed E-state index contributed by atoms with van der Waals surface area (Å²) in [6.07, 6.45) is 4.03. The fourth-order valence-electron chi connectivity index (χ4n) is 7.02. The van der Waals surface area contributed by atoms with Crippen molar-refractivity contribution in [3.63, 3.8) is 0 Å². The van der Waals surface area contributed by atoms with Gasteiger partial charge in [-0.25, -0.2) is 9.59 Å². The molecule has 1 aliphatic carbocycles. The van der Waals surface area contributed by atoms with Gasteiger partial charge in [-0.3, -0.25) is 9.59 Å². The van der Waals surface area contributed by atoms with Crippen molar-refractivity contribution in [2.45, 2.75) is 62.6 Å². The molecule has 0 unspecified atom stereocenters. The van der Waals surface area contributed by atoms with Crippen LogP contribution in [0.3, 0.4) is 0 Å². The fraction of sp³-hybridized carbons (Fsp3) is 0.304. The van der Waals surface area contributed by atoms with Gasteiger partial charge in [0.2, 0.25) is 11.8 Å². The third-order valence-electron chi connectivity index (χ3n) is 9.84. The molecule has 4 atom stereocenters. The van der Waals surface area contributed by atoms with Crippen molar-refractivity contribution in [2.24, 2.45) is 5.92 Å². The Morgan fingerprint density at radius 1 is 0.696 bits per heavy atom. The van der Waals surface area contributed by atoms with Gasteiger partial charge in [-0.2, -0.15) is 0 Å². The summed E-state index contributed by atoms with van der Waals surface area (Å²) in [5, 5.41) is 18.4. The lowest BCUT2D eigenvalue weighted by molar-refractivity contribution is -0.147.